The molecule has 0 aromatic rings. The zero-order valence-electron chi connectivity index (χ0n) is 11.5. The number of hydrogen-bond acceptors (Lipinski definition) is 1. The number of nitrogens with one attached hydrogen (secondary N) is 1. The number of hydrogen-bond donors (Lipinski definition) is 1. The van der Waals surface area contributed by atoms with Crippen molar-refractivity contribution in [2.75, 3.05) is 0 Å². The minimum absolute atomic E-state index is 0.291. The van der Waals surface area contributed by atoms with Crippen LogP contribution in [0.25, 0.3) is 0 Å². The van der Waals surface area contributed by atoms with Gasteiger partial charge in [-0.05, 0) is 42.9 Å². The van der Waals surface area contributed by atoms with Crippen molar-refractivity contribution in [2.45, 2.75) is 65.3 Å². The number of carbonyl (C=O) groups excluding carboxylic acids is 1. The first-order chi connectivity index (χ1) is 8.06. The summed E-state index contributed by atoms with van der Waals surface area (Å²) in [5, 5.41) is 3.20. The summed E-state index contributed by atoms with van der Waals surface area (Å²) in [6.07, 6.45) is 7.36. The molecule has 1 aliphatic carbocycles. The molecule has 0 aromatic carbocycles. The highest BCUT2D eigenvalue weighted by Crippen LogP contribution is 2.39. The molecule has 2 nitrogen and oxygen atoms in total. The monoisotopic (exact) mass is 237 g/mol. The highest BCUT2D eigenvalue weighted by atomic mass is 16.2. The molecule has 2 fully saturated rings. The molecule has 2 aliphatic rings. The number of rotatable bonds is 3. The molecule has 1 saturated heterocycles. The summed E-state index contributed by atoms with van der Waals surface area (Å²) in [6.45, 7) is 6.87. The molecule has 0 bridgehead atoms. The van der Waals surface area contributed by atoms with Crippen molar-refractivity contribution in [3.8, 4) is 0 Å². The van der Waals surface area contributed by atoms with E-state index in [9.17, 15) is 4.79 Å². The van der Waals surface area contributed by atoms with Crippen LogP contribution in [-0.2, 0) is 4.79 Å². The Kier molecular flexibility index (Phi) is 4.11. The standard InChI is InChI=1S/C15H27NO/c1-10(2)8-14-13(9-15(17)16-14)12-6-4-11(3)5-7-12/h10-14H,4-9H2,1-3H3,(H,16,17). The molecule has 1 amide bonds. The summed E-state index contributed by atoms with van der Waals surface area (Å²) in [7, 11) is 0. The maximum absolute atomic E-state index is 11.6. The maximum Gasteiger partial charge on any atom is 0.220 e. The van der Waals surface area contributed by atoms with E-state index in [1.807, 2.05) is 0 Å². The molecule has 0 radical (unpaired) electrons. The minimum Gasteiger partial charge on any atom is -0.353 e. The molecule has 0 spiro atoms. The third-order valence-electron chi connectivity index (χ3n) is 4.68. The molecule has 1 N–H and O–H groups in total. The molecular weight excluding hydrogens is 210 g/mol. The number of carbonyl (C=O) groups is 1. The van der Waals surface area contributed by atoms with Gasteiger partial charge >= 0.3 is 0 Å². The predicted octanol–water partition coefficient (Wildman–Crippen LogP) is 3.36. The summed E-state index contributed by atoms with van der Waals surface area (Å²) in [5.74, 6) is 3.30. The minimum atomic E-state index is 0.291. The second-order valence-corrected chi connectivity index (χ2v) is 6.69. The van der Waals surface area contributed by atoms with Crippen LogP contribution in [0.15, 0.2) is 0 Å². The van der Waals surface area contributed by atoms with Gasteiger partial charge in [-0.2, -0.15) is 0 Å². The third kappa shape index (κ3) is 3.23. The van der Waals surface area contributed by atoms with E-state index in [0.717, 1.165) is 24.7 Å². The summed E-state index contributed by atoms with van der Waals surface area (Å²) < 4.78 is 0. The van der Waals surface area contributed by atoms with Gasteiger partial charge < -0.3 is 5.32 Å². The van der Waals surface area contributed by atoms with Gasteiger partial charge in [0.1, 0.15) is 0 Å². The third-order valence-corrected chi connectivity index (χ3v) is 4.68. The Bertz CT molecular complexity index is 266. The van der Waals surface area contributed by atoms with Crippen LogP contribution in [0.4, 0.5) is 0 Å². The van der Waals surface area contributed by atoms with Crippen molar-refractivity contribution in [3.63, 3.8) is 0 Å². The zero-order valence-corrected chi connectivity index (χ0v) is 11.5. The molecule has 2 unspecified atom stereocenters. The quantitative estimate of drug-likeness (QED) is 0.801. The summed E-state index contributed by atoms with van der Waals surface area (Å²) in [4.78, 5) is 11.6. The van der Waals surface area contributed by atoms with Gasteiger partial charge in [-0.25, -0.2) is 0 Å². The Morgan fingerprint density at radius 3 is 2.47 bits per heavy atom. The predicted molar refractivity (Wildman–Crippen MR) is 70.6 cm³/mol. The Morgan fingerprint density at radius 1 is 1.24 bits per heavy atom. The molecule has 2 rings (SSSR count). The van der Waals surface area contributed by atoms with Crippen LogP contribution in [-0.4, -0.2) is 11.9 Å². The smallest absolute Gasteiger partial charge is 0.220 e. The van der Waals surface area contributed by atoms with Crippen LogP contribution in [0.1, 0.15) is 59.3 Å². The van der Waals surface area contributed by atoms with Crippen molar-refractivity contribution in [3.05, 3.63) is 0 Å². The molecule has 2 atom stereocenters. The van der Waals surface area contributed by atoms with Crippen LogP contribution < -0.4 is 5.32 Å². The van der Waals surface area contributed by atoms with Crippen molar-refractivity contribution in [1.82, 2.24) is 5.32 Å². The van der Waals surface area contributed by atoms with E-state index in [4.69, 9.17) is 0 Å². The first kappa shape index (κ1) is 12.9. The molecular formula is C15H27NO. The summed E-state index contributed by atoms with van der Waals surface area (Å²) in [6, 6.07) is 0.459. The van der Waals surface area contributed by atoms with Crippen LogP contribution in [0, 0.1) is 23.7 Å². The lowest BCUT2D eigenvalue weighted by Crippen LogP contribution is -2.34. The Balaban J connectivity index is 1.95. The van der Waals surface area contributed by atoms with E-state index in [-0.39, 0.29) is 0 Å². The van der Waals surface area contributed by atoms with E-state index in [0.29, 0.717) is 23.8 Å². The van der Waals surface area contributed by atoms with Gasteiger partial charge in [0.25, 0.3) is 0 Å². The number of amides is 1. The molecule has 1 heterocycles. The van der Waals surface area contributed by atoms with E-state index in [2.05, 4.69) is 26.1 Å². The van der Waals surface area contributed by atoms with Gasteiger partial charge in [0.2, 0.25) is 5.91 Å². The van der Waals surface area contributed by atoms with E-state index in [1.54, 1.807) is 0 Å². The fraction of sp³-hybridized carbons (Fsp3) is 0.933. The van der Waals surface area contributed by atoms with E-state index < -0.39 is 0 Å². The highest BCUT2D eigenvalue weighted by Gasteiger charge is 2.38. The van der Waals surface area contributed by atoms with Gasteiger partial charge in [-0.3, -0.25) is 4.79 Å². The topological polar surface area (TPSA) is 29.1 Å². The largest absolute Gasteiger partial charge is 0.353 e. The Labute approximate surface area is 106 Å². The van der Waals surface area contributed by atoms with Crippen LogP contribution in [0.2, 0.25) is 0 Å². The van der Waals surface area contributed by atoms with Gasteiger partial charge in [-0.15, -0.1) is 0 Å². The second kappa shape index (κ2) is 5.41. The van der Waals surface area contributed by atoms with Crippen molar-refractivity contribution in [1.29, 1.82) is 0 Å². The van der Waals surface area contributed by atoms with Gasteiger partial charge in [-0.1, -0.05) is 33.6 Å². The lowest BCUT2D eigenvalue weighted by Gasteiger charge is -2.33. The molecule has 0 aromatic heterocycles. The zero-order chi connectivity index (χ0) is 12.4. The fourth-order valence-electron chi connectivity index (χ4n) is 3.68. The fourth-order valence-corrected chi connectivity index (χ4v) is 3.68. The molecule has 1 saturated carbocycles. The molecule has 98 valence electrons. The van der Waals surface area contributed by atoms with Crippen LogP contribution >= 0.6 is 0 Å². The normalized spacial score (nSPS) is 38.5. The van der Waals surface area contributed by atoms with Crippen LogP contribution in [0.5, 0.6) is 0 Å². The SMILES string of the molecule is CC(C)CC1NC(=O)CC1C1CCC(C)CC1. The van der Waals surface area contributed by atoms with Crippen molar-refractivity contribution in [2.24, 2.45) is 23.7 Å². The van der Waals surface area contributed by atoms with Gasteiger partial charge in [0.15, 0.2) is 0 Å². The molecule has 17 heavy (non-hydrogen) atoms. The average molecular weight is 237 g/mol. The Hall–Kier alpha value is -0.530. The Morgan fingerprint density at radius 2 is 1.88 bits per heavy atom. The van der Waals surface area contributed by atoms with Crippen molar-refractivity contribution < 1.29 is 4.79 Å². The van der Waals surface area contributed by atoms with Gasteiger partial charge in [0.05, 0.1) is 0 Å². The lowest BCUT2D eigenvalue weighted by atomic mass is 9.73. The average Bonchev–Trinajstić information content (AvgIpc) is 2.59. The summed E-state index contributed by atoms with van der Waals surface area (Å²) in [5.41, 5.74) is 0. The van der Waals surface area contributed by atoms with Gasteiger partial charge in [0, 0.05) is 12.5 Å². The van der Waals surface area contributed by atoms with Crippen molar-refractivity contribution >= 4 is 5.91 Å². The molecule has 1 aliphatic heterocycles. The van der Waals surface area contributed by atoms with E-state index in [1.165, 1.54) is 25.7 Å². The molecule has 2 heteroatoms. The highest BCUT2D eigenvalue weighted by molar-refractivity contribution is 5.79. The van der Waals surface area contributed by atoms with Crippen LogP contribution in [0.3, 0.4) is 0 Å². The summed E-state index contributed by atoms with van der Waals surface area (Å²) >= 11 is 0. The maximum atomic E-state index is 11.6. The first-order valence-electron chi connectivity index (χ1n) is 7.35. The first-order valence-corrected chi connectivity index (χ1v) is 7.35. The second-order valence-electron chi connectivity index (χ2n) is 6.69. The lowest BCUT2D eigenvalue weighted by molar-refractivity contribution is -0.119. The van der Waals surface area contributed by atoms with E-state index >= 15 is 0 Å².